The number of nitrogens with zero attached hydrogens (tertiary/aromatic N) is 5. The first kappa shape index (κ1) is 16.3. The van der Waals surface area contributed by atoms with Crippen molar-refractivity contribution in [2.24, 2.45) is 5.10 Å². The Morgan fingerprint density at radius 3 is 2.77 bits per heavy atom. The van der Waals surface area contributed by atoms with Crippen LogP contribution in [0.3, 0.4) is 0 Å². The van der Waals surface area contributed by atoms with Gasteiger partial charge < -0.3 is 0 Å². The molecule has 7 nitrogen and oxygen atoms in total. The summed E-state index contributed by atoms with van der Waals surface area (Å²) >= 11 is 3.39. The summed E-state index contributed by atoms with van der Waals surface area (Å²) in [5.41, 5.74) is 4.22. The number of carbonyl (C=O) groups is 1. The highest BCUT2D eigenvalue weighted by Gasteiger charge is 2.11. The molecule has 0 saturated heterocycles. The third-order valence-corrected chi connectivity index (χ3v) is 4.23. The van der Waals surface area contributed by atoms with Crippen LogP contribution in [-0.4, -0.2) is 31.7 Å². The molecular formula is C13H16BrFN6O. The van der Waals surface area contributed by atoms with Crippen molar-refractivity contribution in [2.75, 3.05) is 0 Å². The zero-order valence-electron chi connectivity index (χ0n) is 12.5. The Kier molecular flexibility index (Phi) is 5.07. The summed E-state index contributed by atoms with van der Waals surface area (Å²) in [6, 6.07) is 0. The van der Waals surface area contributed by atoms with Gasteiger partial charge in [0.1, 0.15) is 6.54 Å². The standard InChI is InChI=1S/C13H16BrFN6O/c1-4-20-13(15)10(6-17-20)5-16-18-11(22)7-21-9(3)12(14)8(2)19-21/h5-6H,4,7H2,1-3H3,(H,18,22)/b16-5+. The summed E-state index contributed by atoms with van der Waals surface area (Å²) in [6.45, 7) is 5.95. The molecule has 1 amide bonds. The molecule has 0 saturated carbocycles. The molecule has 0 atom stereocenters. The van der Waals surface area contributed by atoms with Gasteiger partial charge in [-0.25, -0.2) is 10.1 Å². The van der Waals surface area contributed by atoms with Gasteiger partial charge in [-0.1, -0.05) is 0 Å². The Hall–Kier alpha value is -2.03. The van der Waals surface area contributed by atoms with Gasteiger partial charge in [0.15, 0.2) is 0 Å². The highest BCUT2D eigenvalue weighted by atomic mass is 79.9. The summed E-state index contributed by atoms with van der Waals surface area (Å²) in [5.74, 6) is -0.833. The lowest BCUT2D eigenvalue weighted by Gasteiger charge is -2.02. The van der Waals surface area contributed by atoms with Crippen molar-refractivity contribution in [1.29, 1.82) is 0 Å². The summed E-state index contributed by atoms with van der Waals surface area (Å²) in [4.78, 5) is 11.8. The molecule has 0 spiro atoms. The van der Waals surface area contributed by atoms with Crippen LogP contribution < -0.4 is 5.43 Å². The fraction of sp³-hybridized carbons (Fsp3) is 0.385. The third kappa shape index (κ3) is 3.41. The highest BCUT2D eigenvalue weighted by Crippen LogP contribution is 2.19. The lowest BCUT2D eigenvalue weighted by Crippen LogP contribution is -2.24. The van der Waals surface area contributed by atoms with Crippen LogP contribution in [-0.2, 0) is 17.9 Å². The molecule has 1 N–H and O–H groups in total. The van der Waals surface area contributed by atoms with E-state index < -0.39 is 5.95 Å². The lowest BCUT2D eigenvalue weighted by molar-refractivity contribution is -0.121. The van der Waals surface area contributed by atoms with E-state index in [1.807, 2.05) is 13.8 Å². The van der Waals surface area contributed by atoms with Gasteiger partial charge in [0.05, 0.1) is 33.8 Å². The largest absolute Gasteiger partial charge is 0.271 e. The monoisotopic (exact) mass is 370 g/mol. The Balaban J connectivity index is 1.96. The predicted octanol–water partition coefficient (Wildman–Crippen LogP) is 1.77. The van der Waals surface area contributed by atoms with E-state index in [1.165, 1.54) is 17.1 Å². The molecule has 2 aromatic heterocycles. The molecule has 0 radical (unpaired) electrons. The maximum absolute atomic E-state index is 13.7. The number of aryl methyl sites for hydroxylation is 2. The fourth-order valence-electron chi connectivity index (χ4n) is 1.87. The normalized spacial score (nSPS) is 11.3. The molecule has 0 aliphatic rings. The quantitative estimate of drug-likeness (QED) is 0.643. The zero-order valence-corrected chi connectivity index (χ0v) is 14.1. The van der Waals surface area contributed by atoms with E-state index >= 15 is 0 Å². The molecule has 0 fully saturated rings. The third-order valence-electron chi connectivity index (χ3n) is 3.08. The Morgan fingerprint density at radius 2 is 2.23 bits per heavy atom. The van der Waals surface area contributed by atoms with E-state index in [9.17, 15) is 9.18 Å². The average Bonchev–Trinajstić information content (AvgIpc) is 2.95. The van der Waals surface area contributed by atoms with Gasteiger partial charge in [0, 0.05) is 6.54 Å². The van der Waals surface area contributed by atoms with Crippen molar-refractivity contribution in [2.45, 2.75) is 33.9 Å². The van der Waals surface area contributed by atoms with E-state index in [0.717, 1.165) is 15.9 Å². The second-order valence-corrected chi connectivity index (χ2v) is 5.44. The maximum Gasteiger partial charge on any atom is 0.261 e. The number of carbonyl (C=O) groups excluding carboxylic acids is 1. The lowest BCUT2D eigenvalue weighted by atomic mass is 10.4. The minimum absolute atomic E-state index is 0.0340. The maximum atomic E-state index is 13.7. The van der Waals surface area contributed by atoms with Crippen LogP contribution in [0.5, 0.6) is 0 Å². The molecule has 9 heteroatoms. The number of hydrazone groups is 1. The van der Waals surface area contributed by atoms with Crippen LogP contribution >= 0.6 is 15.9 Å². The second kappa shape index (κ2) is 6.82. The molecule has 0 bridgehead atoms. The molecule has 118 valence electrons. The summed E-state index contributed by atoms with van der Waals surface area (Å²) in [7, 11) is 0. The van der Waals surface area contributed by atoms with Gasteiger partial charge in [-0.3, -0.25) is 9.48 Å². The van der Waals surface area contributed by atoms with E-state index in [-0.39, 0.29) is 18.0 Å². The van der Waals surface area contributed by atoms with Crippen molar-refractivity contribution < 1.29 is 9.18 Å². The van der Waals surface area contributed by atoms with Crippen LogP contribution in [0, 0.1) is 19.8 Å². The zero-order chi connectivity index (χ0) is 16.3. The summed E-state index contributed by atoms with van der Waals surface area (Å²) in [5, 5.41) is 11.8. The summed E-state index contributed by atoms with van der Waals surface area (Å²) < 4.78 is 17.3. The SMILES string of the molecule is CCn1ncc(/C=N/NC(=O)Cn2nc(C)c(Br)c2C)c1F. The topological polar surface area (TPSA) is 77.1 Å². The molecule has 2 aromatic rings. The van der Waals surface area contributed by atoms with Crippen LogP contribution in [0.15, 0.2) is 15.8 Å². The number of aromatic nitrogens is 4. The van der Waals surface area contributed by atoms with Crippen molar-refractivity contribution in [3.63, 3.8) is 0 Å². The predicted molar refractivity (Wildman–Crippen MR) is 83.0 cm³/mol. The number of rotatable bonds is 5. The van der Waals surface area contributed by atoms with E-state index in [0.29, 0.717) is 6.54 Å². The Labute approximate surface area is 135 Å². The molecule has 2 rings (SSSR count). The number of nitrogens with one attached hydrogen (secondary N) is 1. The first-order chi connectivity index (χ1) is 10.4. The van der Waals surface area contributed by atoms with Gasteiger partial charge in [0.25, 0.3) is 5.91 Å². The number of hydrogen-bond donors (Lipinski definition) is 1. The molecule has 0 unspecified atom stereocenters. The second-order valence-electron chi connectivity index (χ2n) is 4.64. The van der Waals surface area contributed by atoms with Crippen molar-refractivity contribution in [3.8, 4) is 0 Å². The minimum atomic E-state index is -0.483. The number of amides is 1. The van der Waals surface area contributed by atoms with Gasteiger partial charge >= 0.3 is 0 Å². The van der Waals surface area contributed by atoms with Crippen molar-refractivity contribution >= 4 is 28.1 Å². The highest BCUT2D eigenvalue weighted by molar-refractivity contribution is 9.10. The fourth-order valence-corrected chi connectivity index (χ4v) is 2.15. The number of halogens is 2. The van der Waals surface area contributed by atoms with E-state index in [1.54, 1.807) is 11.6 Å². The van der Waals surface area contributed by atoms with Crippen LogP contribution in [0.1, 0.15) is 23.9 Å². The summed E-state index contributed by atoms with van der Waals surface area (Å²) in [6.07, 6.45) is 2.58. The van der Waals surface area contributed by atoms with E-state index in [4.69, 9.17) is 0 Å². The first-order valence-corrected chi connectivity index (χ1v) is 7.46. The van der Waals surface area contributed by atoms with Crippen molar-refractivity contribution in [3.05, 3.63) is 33.6 Å². The molecule has 0 aliphatic heterocycles. The Morgan fingerprint density at radius 1 is 1.50 bits per heavy atom. The van der Waals surface area contributed by atoms with Crippen molar-refractivity contribution in [1.82, 2.24) is 25.0 Å². The van der Waals surface area contributed by atoms with Gasteiger partial charge in [-0.05, 0) is 36.7 Å². The average molecular weight is 371 g/mol. The molecule has 2 heterocycles. The van der Waals surface area contributed by atoms with Gasteiger partial charge in [0.2, 0.25) is 5.95 Å². The van der Waals surface area contributed by atoms with Crippen LogP contribution in [0.4, 0.5) is 4.39 Å². The van der Waals surface area contributed by atoms with Crippen LogP contribution in [0.25, 0.3) is 0 Å². The van der Waals surface area contributed by atoms with E-state index in [2.05, 4.69) is 36.7 Å². The van der Waals surface area contributed by atoms with Gasteiger partial charge in [-0.15, -0.1) is 0 Å². The molecule has 22 heavy (non-hydrogen) atoms. The molecule has 0 aliphatic carbocycles. The Bertz CT molecular complexity index is 720. The van der Waals surface area contributed by atoms with Crippen LogP contribution in [0.2, 0.25) is 0 Å². The first-order valence-electron chi connectivity index (χ1n) is 6.66. The number of hydrogen-bond acceptors (Lipinski definition) is 4. The minimum Gasteiger partial charge on any atom is -0.271 e. The molecule has 0 aromatic carbocycles. The smallest absolute Gasteiger partial charge is 0.261 e. The molecular weight excluding hydrogens is 355 g/mol. The van der Waals surface area contributed by atoms with Gasteiger partial charge in [-0.2, -0.15) is 19.7 Å².